The molecular formula is C15H22ClNO2. The fraction of sp³-hybridized carbons (Fsp3) is 0.600. The topological polar surface area (TPSA) is 41.5 Å². The molecule has 0 spiro atoms. The van der Waals surface area contributed by atoms with Crippen molar-refractivity contribution in [2.75, 3.05) is 0 Å². The molecule has 0 saturated heterocycles. The first-order chi connectivity index (χ1) is 9.06. The quantitative estimate of drug-likeness (QED) is 0.872. The molecule has 1 saturated carbocycles. The minimum atomic E-state index is -0.346. The summed E-state index contributed by atoms with van der Waals surface area (Å²) in [6.07, 6.45) is 2.35. The number of nitrogens with one attached hydrogen (secondary N) is 1. The van der Waals surface area contributed by atoms with Gasteiger partial charge in [0.25, 0.3) is 0 Å². The van der Waals surface area contributed by atoms with Gasteiger partial charge in [-0.15, -0.1) is 0 Å². The number of benzene rings is 1. The van der Waals surface area contributed by atoms with E-state index in [2.05, 4.69) is 19.2 Å². The number of hydrogen-bond acceptors (Lipinski definition) is 3. The van der Waals surface area contributed by atoms with Gasteiger partial charge in [0.15, 0.2) is 0 Å². The molecular weight excluding hydrogens is 262 g/mol. The van der Waals surface area contributed by atoms with Crippen LogP contribution in [0.15, 0.2) is 18.2 Å². The van der Waals surface area contributed by atoms with Crippen LogP contribution in [0.5, 0.6) is 5.75 Å². The SMILES string of the molecule is CC(C)NCc1cc(Cl)ccc1OC1CCCC1O. The van der Waals surface area contributed by atoms with Crippen LogP contribution < -0.4 is 10.1 Å². The third-order valence-corrected chi connectivity index (χ3v) is 3.65. The van der Waals surface area contributed by atoms with Crippen molar-refractivity contribution < 1.29 is 9.84 Å². The lowest BCUT2D eigenvalue weighted by Crippen LogP contribution is -2.27. The molecule has 3 nitrogen and oxygen atoms in total. The third kappa shape index (κ3) is 4.10. The van der Waals surface area contributed by atoms with Crippen LogP contribution >= 0.6 is 11.6 Å². The molecule has 1 aromatic carbocycles. The number of hydrogen-bond donors (Lipinski definition) is 2. The highest BCUT2D eigenvalue weighted by Crippen LogP contribution is 2.29. The molecule has 0 heterocycles. The van der Waals surface area contributed by atoms with Crippen LogP contribution in [0.1, 0.15) is 38.7 Å². The Morgan fingerprint density at radius 2 is 2.21 bits per heavy atom. The predicted molar refractivity (Wildman–Crippen MR) is 77.7 cm³/mol. The van der Waals surface area contributed by atoms with Crippen LogP contribution in [-0.4, -0.2) is 23.4 Å². The lowest BCUT2D eigenvalue weighted by atomic mass is 10.1. The van der Waals surface area contributed by atoms with Gasteiger partial charge < -0.3 is 15.2 Å². The van der Waals surface area contributed by atoms with E-state index < -0.39 is 0 Å². The molecule has 0 aliphatic heterocycles. The Labute approximate surface area is 119 Å². The normalized spacial score (nSPS) is 23.0. The van der Waals surface area contributed by atoms with Crippen LogP contribution in [-0.2, 0) is 6.54 Å². The first kappa shape index (κ1) is 14.6. The van der Waals surface area contributed by atoms with Crippen molar-refractivity contribution in [2.45, 2.75) is 57.9 Å². The van der Waals surface area contributed by atoms with Gasteiger partial charge in [0.1, 0.15) is 11.9 Å². The number of ether oxygens (including phenoxy) is 1. The molecule has 106 valence electrons. The minimum Gasteiger partial charge on any atom is -0.487 e. The summed E-state index contributed by atoms with van der Waals surface area (Å²) in [7, 11) is 0. The van der Waals surface area contributed by atoms with Crippen LogP contribution in [0.3, 0.4) is 0 Å². The van der Waals surface area contributed by atoms with E-state index in [1.165, 1.54) is 0 Å². The molecule has 0 amide bonds. The van der Waals surface area contributed by atoms with Gasteiger partial charge in [-0.05, 0) is 37.5 Å². The standard InChI is InChI=1S/C15H22ClNO2/c1-10(2)17-9-11-8-12(16)6-7-14(11)19-15-5-3-4-13(15)18/h6-8,10,13,15,17-18H,3-5,9H2,1-2H3. The van der Waals surface area contributed by atoms with E-state index in [9.17, 15) is 5.11 Å². The summed E-state index contributed by atoms with van der Waals surface area (Å²) in [6, 6.07) is 6.05. The lowest BCUT2D eigenvalue weighted by molar-refractivity contribution is 0.0597. The highest BCUT2D eigenvalue weighted by molar-refractivity contribution is 6.30. The molecule has 0 bridgehead atoms. The zero-order chi connectivity index (χ0) is 13.8. The maximum Gasteiger partial charge on any atom is 0.124 e. The highest BCUT2D eigenvalue weighted by atomic mass is 35.5. The minimum absolute atomic E-state index is 0.0843. The number of aliphatic hydroxyl groups excluding tert-OH is 1. The van der Waals surface area contributed by atoms with Crippen molar-refractivity contribution in [1.82, 2.24) is 5.32 Å². The largest absolute Gasteiger partial charge is 0.487 e. The molecule has 2 rings (SSSR count). The van der Waals surface area contributed by atoms with Gasteiger partial charge in [-0.3, -0.25) is 0 Å². The molecule has 0 aromatic heterocycles. The molecule has 2 unspecified atom stereocenters. The number of halogens is 1. The Balaban J connectivity index is 2.09. The predicted octanol–water partition coefficient (Wildman–Crippen LogP) is 3.13. The zero-order valence-corrected chi connectivity index (χ0v) is 12.3. The van der Waals surface area contributed by atoms with E-state index in [1.807, 2.05) is 18.2 Å². The average molecular weight is 284 g/mol. The first-order valence-corrected chi connectivity index (χ1v) is 7.30. The Morgan fingerprint density at radius 3 is 2.84 bits per heavy atom. The Bertz CT molecular complexity index is 423. The molecule has 0 radical (unpaired) electrons. The van der Waals surface area contributed by atoms with E-state index in [4.69, 9.17) is 16.3 Å². The second kappa shape index (κ2) is 6.60. The van der Waals surface area contributed by atoms with Gasteiger partial charge in [0.2, 0.25) is 0 Å². The number of aliphatic hydroxyl groups is 1. The maximum absolute atomic E-state index is 9.85. The van der Waals surface area contributed by atoms with E-state index in [0.29, 0.717) is 11.1 Å². The average Bonchev–Trinajstić information content (AvgIpc) is 2.75. The van der Waals surface area contributed by atoms with E-state index in [0.717, 1.165) is 37.1 Å². The van der Waals surface area contributed by atoms with Gasteiger partial charge >= 0.3 is 0 Å². The summed E-state index contributed by atoms with van der Waals surface area (Å²) in [4.78, 5) is 0. The van der Waals surface area contributed by atoms with E-state index in [1.54, 1.807) is 0 Å². The van der Waals surface area contributed by atoms with Gasteiger partial charge in [0.05, 0.1) is 6.10 Å². The first-order valence-electron chi connectivity index (χ1n) is 6.93. The summed E-state index contributed by atoms with van der Waals surface area (Å²) < 4.78 is 5.96. The van der Waals surface area contributed by atoms with Crippen LogP contribution in [0, 0.1) is 0 Å². The van der Waals surface area contributed by atoms with Crippen molar-refractivity contribution in [3.63, 3.8) is 0 Å². The highest BCUT2D eigenvalue weighted by Gasteiger charge is 2.27. The van der Waals surface area contributed by atoms with Gasteiger partial charge in [-0.1, -0.05) is 25.4 Å². The molecule has 1 aliphatic carbocycles. The monoisotopic (exact) mass is 283 g/mol. The van der Waals surface area contributed by atoms with Crippen LogP contribution in [0.2, 0.25) is 5.02 Å². The zero-order valence-electron chi connectivity index (χ0n) is 11.5. The second-order valence-electron chi connectivity index (χ2n) is 5.44. The third-order valence-electron chi connectivity index (χ3n) is 3.42. The molecule has 2 N–H and O–H groups in total. The fourth-order valence-electron chi connectivity index (χ4n) is 2.32. The summed E-state index contributed by atoms with van der Waals surface area (Å²) in [5.41, 5.74) is 1.04. The fourth-order valence-corrected chi connectivity index (χ4v) is 2.52. The van der Waals surface area contributed by atoms with Gasteiger partial charge in [-0.2, -0.15) is 0 Å². The Hall–Kier alpha value is -0.770. The van der Waals surface area contributed by atoms with Gasteiger partial charge in [0, 0.05) is 23.2 Å². The molecule has 19 heavy (non-hydrogen) atoms. The summed E-state index contributed by atoms with van der Waals surface area (Å²) in [6.45, 7) is 4.92. The number of rotatable bonds is 5. The molecule has 1 aliphatic rings. The molecule has 1 aromatic rings. The molecule has 4 heteroatoms. The molecule has 2 atom stereocenters. The second-order valence-corrected chi connectivity index (χ2v) is 5.88. The van der Waals surface area contributed by atoms with Gasteiger partial charge in [-0.25, -0.2) is 0 Å². The van der Waals surface area contributed by atoms with Crippen LogP contribution in [0.4, 0.5) is 0 Å². The lowest BCUT2D eigenvalue weighted by Gasteiger charge is -2.20. The van der Waals surface area contributed by atoms with Crippen molar-refractivity contribution >= 4 is 11.6 Å². The van der Waals surface area contributed by atoms with E-state index >= 15 is 0 Å². The van der Waals surface area contributed by atoms with Crippen LogP contribution in [0.25, 0.3) is 0 Å². The van der Waals surface area contributed by atoms with Crippen molar-refractivity contribution in [3.05, 3.63) is 28.8 Å². The van der Waals surface area contributed by atoms with Crippen molar-refractivity contribution in [2.24, 2.45) is 0 Å². The van der Waals surface area contributed by atoms with Crippen molar-refractivity contribution in [3.8, 4) is 5.75 Å². The smallest absolute Gasteiger partial charge is 0.124 e. The van der Waals surface area contributed by atoms with E-state index in [-0.39, 0.29) is 12.2 Å². The summed E-state index contributed by atoms with van der Waals surface area (Å²) in [5.74, 6) is 0.823. The Kier molecular flexibility index (Phi) is 5.08. The maximum atomic E-state index is 9.85. The summed E-state index contributed by atoms with van der Waals surface area (Å²) >= 11 is 6.04. The Morgan fingerprint density at radius 1 is 1.42 bits per heavy atom. The molecule has 1 fully saturated rings. The summed E-state index contributed by atoms with van der Waals surface area (Å²) in [5, 5.41) is 13.9. The van der Waals surface area contributed by atoms with Crippen molar-refractivity contribution in [1.29, 1.82) is 0 Å².